The molecule has 0 unspecified atom stereocenters. The molecular weight excluding hydrogens is 314 g/mol. The van der Waals surface area contributed by atoms with Crippen LogP contribution in [0.4, 0.5) is 11.6 Å². The molecule has 0 saturated carbocycles. The molecular formula is C19H25N5O. The van der Waals surface area contributed by atoms with Gasteiger partial charge in [0.05, 0.1) is 0 Å². The second-order valence-corrected chi connectivity index (χ2v) is 5.96. The van der Waals surface area contributed by atoms with Gasteiger partial charge in [-0.1, -0.05) is 24.3 Å². The Morgan fingerprint density at radius 1 is 1.16 bits per heavy atom. The van der Waals surface area contributed by atoms with Crippen LogP contribution < -0.4 is 15.5 Å². The largest absolute Gasteiger partial charge is 0.368 e. The van der Waals surface area contributed by atoms with Crippen molar-refractivity contribution >= 4 is 23.6 Å². The lowest BCUT2D eigenvalue weighted by molar-refractivity contribution is -0.116. The molecule has 0 fully saturated rings. The molecule has 0 aliphatic rings. The minimum Gasteiger partial charge on any atom is -0.368 e. The van der Waals surface area contributed by atoms with Gasteiger partial charge in [-0.25, -0.2) is 9.97 Å². The minimum absolute atomic E-state index is 0.113. The second-order valence-electron chi connectivity index (χ2n) is 5.96. The summed E-state index contributed by atoms with van der Waals surface area (Å²) in [6.07, 6.45) is 3.39. The van der Waals surface area contributed by atoms with Crippen molar-refractivity contribution < 1.29 is 4.79 Å². The third-order valence-electron chi connectivity index (χ3n) is 3.62. The SMILES string of the molecule is Cc1nc(NCCNC(=O)/C=C/c2ccccc2C)cc(N(C)C)n1. The maximum atomic E-state index is 11.9. The predicted molar refractivity (Wildman–Crippen MR) is 103 cm³/mol. The first kappa shape index (κ1) is 18.4. The normalized spacial score (nSPS) is 10.7. The second kappa shape index (κ2) is 8.82. The lowest BCUT2D eigenvalue weighted by Crippen LogP contribution is -2.27. The Labute approximate surface area is 149 Å². The summed E-state index contributed by atoms with van der Waals surface area (Å²) >= 11 is 0. The fraction of sp³-hybridized carbons (Fsp3) is 0.316. The average Bonchev–Trinajstić information content (AvgIpc) is 2.57. The van der Waals surface area contributed by atoms with Gasteiger partial charge in [0, 0.05) is 39.3 Å². The molecule has 25 heavy (non-hydrogen) atoms. The summed E-state index contributed by atoms with van der Waals surface area (Å²) in [4.78, 5) is 22.5. The van der Waals surface area contributed by atoms with E-state index in [1.807, 2.05) is 69.3 Å². The van der Waals surface area contributed by atoms with Gasteiger partial charge in [-0.3, -0.25) is 4.79 Å². The van der Waals surface area contributed by atoms with Crippen molar-refractivity contribution in [3.63, 3.8) is 0 Å². The molecule has 0 aliphatic heterocycles. The Balaban J connectivity index is 1.79. The zero-order chi connectivity index (χ0) is 18.2. The van der Waals surface area contributed by atoms with E-state index in [0.29, 0.717) is 18.9 Å². The highest BCUT2D eigenvalue weighted by atomic mass is 16.1. The van der Waals surface area contributed by atoms with Gasteiger partial charge in [0.1, 0.15) is 17.5 Å². The van der Waals surface area contributed by atoms with Crippen LogP contribution in [0.5, 0.6) is 0 Å². The molecule has 1 heterocycles. The summed E-state index contributed by atoms with van der Waals surface area (Å²) in [6.45, 7) is 4.98. The molecule has 1 aromatic carbocycles. The van der Waals surface area contributed by atoms with E-state index >= 15 is 0 Å². The van der Waals surface area contributed by atoms with E-state index in [1.54, 1.807) is 6.08 Å². The lowest BCUT2D eigenvalue weighted by atomic mass is 10.1. The van der Waals surface area contributed by atoms with Crippen LogP contribution in [0.1, 0.15) is 17.0 Å². The topological polar surface area (TPSA) is 70.2 Å². The standard InChI is InChI=1S/C19H25N5O/c1-14-7-5-6-8-16(14)9-10-19(25)21-12-11-20-17-13-18(24(3)4)23-15(2)22-17/h5-10,13H,11-12H2,1-4H3,(H,21,25)(H,20,22,23)/b10-9+. The number of amides is 1. The number of carbonyl (C=O) groups is 1. The average molecular weight is 339 g/mol. The number of carbonyl (C=O) groups excluding carboxylic acids is 1. The Morgan fingerprint density at radius 2 is 1.92 bits per heavy atom. The monoisotopic (exact) mass is 339 g/mol. The highest BCUT2D eigenvalue weighted by Gasteiger charge is 2.03. The van der Waals surface area contributed by atoms with Crippen LogP contribution >= 0.6 is 0 Å². The van der Waals surface area contributed by atoms with Crippen LogP contribution in [0.3, 0.4) is 0 Å². The van der Waals surface area contributed by atoms with Crippen LogP contribution in [0.15, 0.2) is 36.4 Å². The fourth-order valence-electron chi connectivity index (χ4n) is 2.25. The first-order valence-electron chi connectivity index (χ1n) is 8.24. The summed E-state index contributed by atoms with van der Waals surface area (Å²) in [6, 6.07) is 9.83. The Bertz CT molecular complexity index is 755. The van der Waals surface area contributed by atoms with Crippen LogP contribution in [-0.2, 0) is 4.79 Å². The number of aromatic nitrogens is 2. The van der Waals surface area contributed by atoms with E-state index < -0.39 is 0 Å². The maximum absolute atomic E-state index is 11.9. The highest BCUT2D eigenvalue weighted by molar-refractivity contribution is 5.91. The molecule has 1 aromatic heterocycles. The number of hydrogen-bond acceptors (Lipinski definition) is 5. The van der Waals surface area contributed by atoms with Gasteiger partial charge in [0.2, 0.25) is 5.91 Å². The van der Waals surface area contributed by atoms with Crippen LogP contribution in [0, 0.1) is 13.8 Å². The van der Waals surface area contributed by atoms with Crippen molar-refractivity contribution in [2.75, 3.05) is 37.4 Å². The van der Waals surface area contributed by atoms with Crippen LogP contribution in [0.2, 0.25) is 0 Å². The van der Waals surface area contributed by atoms with E-state index in [2.05, 4.69) is 20.6 Å². The molecule has 6 heteroatoms. The number of nitrogens with zero attached hydrogens (tertiary/aromatic N) is 3. The first-order valence-corrected chi connectivity index (χ1v) is 8.24. The Kier molecular flexibility index (Phi) is 6.51. The van der Waals surface area contributed by atoms with E-state index in [1.165, 1.54) is 0 Å². The first-order chi connectivity index (χ1) is 12.0. The minimum atomic E-state index is -0.113. The van der Waals surface area contributed by atoms with Gasteiger partial charge in [0.25, 0.3) is 0 Å². The molecule has 2 rings (SSSR count). The number of benzene rings is 1. The van der Waals surface area contributed by atoms with Gasteiger partial charge in [-0.15, -0.1) is 0 Å². The molecule has 0 saturated heterocycles. The van der Waals surface area contributed by atoms with Gasteiger partial charge >= 0.3 is 0 Å². The molecule has 6 nitrogen and oxygen atoms in total. The smallest absolute Gasteiger partial charge is 0.244 e. The third kappa shape index (κ3) is 5.91. The molecule has 0 radical (unpaired) electrons. The third-order valence-corrected chi connectivity index (χ3v) is 3.62. The van der Waals surface area contributed by atoms with Gasteiger partial charge < -0.3 is 15.5 Å². The van der Waals surface area contributed by atoms with E-state index in [-0.39, 0.29) is 5.91 Å². The van der Waals surface area contributed by atoms with Crippen molar-refractivity contribution in [1.82, 2.24) is 15.3 Å². The van der Waals surface area contributed by atoms with E-state index in [9.17, 15) is 4.79 Å². The van der Waals surface area contributed by atoms with E-state index in [0.717, 1.165) is 22.8 Å². The number of aryl methyl sites for hydroxylation is 2. The molecule has 2 N–H and O–H groups in total. The Morgan fingerprint density at radius 3 is 2.64 bits per heavy atom. The lowest BCUT2D eigenvalue weighted by Gasteiger charge is -2.14. The summed E-state index contributed by atoms with van der Waals surface area (Å²) in [7, 11) is 3.87. The van der Waals surface area contributed by atoms with Crippen molar-refractivity contribution in [2.24, 2.45) is 0 Å². The number of rotatable bonds is 7. The van der Waals surface area contributed by atoms with Gasteiger partial charge in [0.15, 0.2) is 0 Å². The number of anilines is 2. The van der Waals surface area contributed by atoms with Crippen LogP contribution in [0.25, 0.3) is 6.08 Å². The molecule has 2 aromatic rings. The summed E-state index contributed by atoms with van der Waals surface area (Å²) in [5.41, 5.74) is 2.19. The quantitative estimate of drug-likeness (QED) is 0.599. The van der Waals surface area contributed by atoms with Crippen molar-refractivity contribution in [3.8, 4) is 0 Å². The zero-order valence-electron chi connectivity index (χ0n) is 15.2. The highest BCUT2D eigenvalue weighted by Crippen LogP contribution is 2.13. The Hall–Kier alpha value is -2.89. The zero-order valence-corrected chi connectivity index (χ0v) is 15.2. The fourth-order valence-corrected chi connectivity index (χ4v) is 2.25. The molecule has 1 amide bonds. The molecule has 0 bridgehead atoms. The van der Waals surface area contributed by atoms with Crippen molar-refractivity contribution in [2.45, 2.75) is 13.8 Å². The molecule has 0 spiro atoms. The van der Waals surface area contributed by atoms with Crippen molar-refractivity contribution in [3.05, 3.63) is 53.4 Å². The number of hydrogen-bond donors (Lipinski definition) is 2. The molecule has 0 atom stereocenters. The maximum Gasteiger partial charge on any atom is 0.244 e. The molecule has 0 aliphatic carbocycles. The summed E-state index contributed by atoms with van der Waals surface area (Å²) in [5.74, 6) is 2.19. The van der Waals surface area contributed by atoms with E-state index in [4.69, 9.17) is 0 Å². The molecule has 132 valence electrons. The van der Waals surface area contributed by atoms with Crippen molar-refractivity contribution in [1.29, 1.82) is 0 Å². The number of nitrogens with one attached hydrogen (secondary N) is 2. The van der Waals surface area contributed by atoms with Gasteiger partial charge in [-0.2, -0.15) is 0 Å². The predicted octanol–water partition coefficient (Wildman–Crippen LogP) is 2.40. The summed E-state index contributed by atoms with van der Waals surface area (Å²) < 4.78 is 0. The summed E-state index contributed by atoms with van der Waals surface area (Å²) in [5, 5.41) is 6.05. The van der Waals surface area contributed by atoms with Gasteiger partial charge in [-0.05, 0) is 31.1 Å². The van der Waals surface area contributed by atoms with Crippen LogP contribution in [-0.4, -0.2) is 43.1 Å².